The number of anilines is 1. The molecule has 1 N–H and O–H groups in total. The Kier molecular flexibility index (Phi) is 3.82. The quantitative estimate of drug-likeness (QED) is 0.787. The van der Waals surface area contributed by atoms with Gasteiger partial charge in [-0.25, -0.2) is 9.97 Å². The smallest absolute Gasteiger partial charge is 0.132 e. The van der Waals surface area contributed by atoms with Gasteiger partial charge in [0.05, 0.1) is 11.6 Å². The van der Waals surface area contributed by atoms with Gasteiger partial charge in [-0.15, -0.1) is 0 Å². The second-order valence-corrected chi connectivity index (χ2v) is 7.50. The van der Waals surface area contributed by atoms with Crippen molar-refractivity contribution in [1.82, 2.24) is 15.0 Å². The summed E-state index contributed by atoms with van der Waals surface area (Å²) in [6, 6.07) is 12.4. The molecule has 3 aromatic rings. The maximum absolute atomic E-state index is 10.6. The summed E-state index contributed by atoms with van der Waals surface area (Å²) in [4.78, 5) is 15.5. The van der Waals surface area contributed by atoms with E-state index in [1.54, 1.807) is 6.33 Å². The lowest BCUT2D eigenvalue weighted by molar-refractivity contribution is 0.148. The largest absolute Gasteiger partial charge is 0.391 e. The maximum atomic E-state index is 10.6. The van der Waals surface area contributed by atoms with Crippen molar-refractivity contribution in [2.45, 2.75) is 31.3 Å². The molecule has 132 valence electrons. The molecule has 2 aliphatic rings. The molecule has 3 heterocycles. The minimum atomic E-state index is -0.346. The molecule has 0 amide bonds. The summed E-state index contributed by atoms with van der Waals surface area (Å²) in [5, 5.41) is 11.8. The fourth-order valence-corrected chi connectivity index (χ4v) is 3.99. The Bertz CT molecular complexity index is 935. The topological polar surface area (TPSA) is 62.1 Å². The molecule has 0 radical (unpaired) electrons. The minimum absolute atomic E-state index is 0.195. The summed E-state index contributed by atoms with van der Waals surface area (Å²) in [7, 11) is 0. The SMILES string of the molecule is O[C@H]1CN(c2cc(C3CC3)ncn2)C[C@H]1Cc1ccnc2ccccc12. The van der Waals surface area contributed by atoms with Crippen LogP contribution in [0.2, 0.25) is 0 Å². The van der Waals surface area contributed by atoms with Crippen molar-refractivity contribution in [2.24, 2.45) is 5.92 Å². The number of aliphatic hydroxyl groups is 1. The number of aliphatic hydroxyl groups excluding tert-OH is 1. The van der Waals surface area contributed by atoms with Gasteiger partial charge in [-0.05, 0) is 37.0 Å². The Labute approximate surface area is 152 Å². The Morgan fingerprint density at radius 2 is 1.92 bits per heavy atom. The highest BCUT2D eigenvalue weighted by Gasteiger charge is 2.33. The van der Waals surface area contributed by atoms with Crippen LogP contribution in [0.4, 0.5) is 5.82 Å². The van der Waals surface area contributed by atoms with Crippen molar-refractivity contribution in [2.75, 3.05) is 18.0 Å². The molecule has 2 atom stereocenters. The zero-order valence-corrected chi connectivity index (χ0v) is 14.6. The number of hydrogen-bond donors (Lipinski definition) is 1. The van der Waals surface area contributed by atoms with Gasteiger partial charge in [0.25, 0.3) is 0 Å². The molecule has 5 rings (SSSR count). The predicted octanol–water partition coefficient (Wildman–Crippen LogP) is 2.94. The molecule has 1 aromatic carbocycles. The van der Waals surface area contributed by atoms with E-state index in [0.29, 0.717) is 12.5 Å². The van der Waals surface area contributed by atoms with Gasteiger partial charge < -0.3 is 10.0 Å². The van der Waals surface area contributed by atoms with Crippen LogP contribution in [-0.4, -0.2) is 39.3 Å². The number of pyridine rings is 1. The van der Waals surface area contributed by atoms with Gasteiger partial charge in [-0.3, -0.25) is 4.98 Å². The number of nitrogens with zero attached hydrogens (tertiary/aromatic N) is 4. The third kappa shape index (κ3) is 2.92. The number of aromatic nitrogens is 3. The van der Waals surface area contributed by atoms with Crippen LogP contribution in [0.25, 0.3) is 10.9 Å². The highest BCUT2D eigenvalue weighted by molar-refractivity contribution is 5.81. The fourth-order valence-electron chi connectivity index (χ4n) is 3.99. The van der Waals surface area contributed by atoms with Crippen LogP contribution in [-0.2, 0) is 6.42 Å². The van der Waals surface area contributed by atoms with E-state index in [2.05, 4.69) is 38.1 Å². The van der Waals surface area contributed by atoms with Crippen LogP contribution in [0.3, 0.4) is 0 Å². The van der Waals surface area contributed by atoms with Gasteiger partial charge in [0, 0.05) is 48.3 Å². The number of fused-ring (bicyclic) bond motifs is 1. The third-order valence-electron chi connectivity index (χ3n) is 5.62. The van der Waals surface area contributed by atoms with Crippen molar-refractivity contribution < 1.29 is 5.11 Å². The standard InChI is InChI=1S/C21H22N4O/c26-20-12-25(21-10-19(14-5-6-14)23-13-24-21)11-16(20)9-15-7-8-22-18-4-2-1-3-17(15)18/h1-4,7-8,10,13-14,16,20,26H,5-6,9,11-12H2/t16-,20+/m1/s1. The lowest BCUT2D eigenvalue weighted by atomic mass is 9.94. The molecule has 0 unspecified atom stereocenters. The van der Waals surface area contributed by atoms with Crippen LogP contribution in [0.1, 0.15) is 30.0 Å². The molecule has 1 saturated carbocycles. The summed E-state index contributed by atoms with van der Waals surface area (Å²) in [6.07, 6.45) is 6.50. The van der Waals surface area contributed by atoms with Gasteiger partial charge in [-0.2, -0.15) is 0 Å². The first-order valence-electron chi connectivity index (χ1n) is 9.35. The summed E-state index contributed by atoms with van der Waals surface area (Å²) in [6.45, 7) is 1.45. The van der Waals surface area contributed by atoms with E-state index < -0.39 is 0 Å². The van der Waals surface area contributed by atoms with Gasteiger partial charge in [-0.1, -0.05) is 18.2 Å². The van der Waals surface area contributed by atoms with E-state index in [0.717, 1.165) is 30.0 Å². The first kappa shape index (κ1) is 15.7. The number of β-amino-alcohol motifs (C(OH)–C–C–N with tert-alkyl or cyclic N) is 1. The number of benzene rings is 1. The lowest BCUT2D eigenvalue weighted by Crippen LogP contribution is -2.22. The van der Waals surface area contributed by atoms with E-state index in [-0.39, 0.29) is 12.0 Å². The predicted molar refractivity (Wildman–Crippen MR) is 101 cm³/mol. The van der Waals surface area contributed by atoms with E-state index in [4.69, 9.17) is 0 Å². The Balaban J connectivity index is 1.37. The van der Waals surface area contributed by atoms with Crippen molar-refractivity contribution in [3.8, 4) is 0 Å². The molecule has 1 saturated heterocycles. The van der Waals surface area contributed by atoms with E-state index in [1.165, 1.54) is 23.8 Å². The molecule has 26 heavy (non-hydrogen) atoms. The van der Waals surface area contributed by atoms with Crippen molar-refractivity contribution in [3.63, 3.8) is 0 Å². The van der Waals surface area contributed by atoms with E-state index >= 15 is 0 Å². The molecular weight excluding hydrogens is 324 g/mol. The molecule has 0 bridgehead atoms. The van der Waals surface area contributed by atoms with Crippen LogP contribution in [0.5, 0.6) is 0 Å². The van der Waals surface area contributed by atoms with Crippen molar-refractivity contribution in [1.29, 1.82) is 0 Å². The van der Waals surface area contributed by atoms with Crippen LogP contribution in [0.15, 0.2) is 48.9 Å². The van der Waals surface area contributed by atoms with Crippen LogP contribution >= 0.6 is 0 Å². The summed E-state index contributed by atoms with van der Waals surface area (Å²) < 4.78 is 0. The third-order valence-corrected chi connectivity index (χ3v) is 5.62. The molecule has 1 aliphatic carbocycles. The Morgan fingerprint density at radius 1 is 1.04 bits per heavy atom. The number of hydrogen-bond acceptors (Lipinski definition) is 5. The normalized spacial score (nSPS) is 22.9. The second kappa shape index (κ2) is 6.32. The first-order chi connectivity index (χ1) is 12.8. The molecular formula is C21H22N4O. The summed E-state index contributed by atoms with van der Waals surface area (Å²) >= 11 is 0. The highest BCUT2D eigenvalue weighted by atomic mass is 16.3. The molecule has 1 aliphatic heterocycles. The van der Waals surface area contributed by atoms with Crippen molar-refractivity contribution >= 4 is 16.7 Å². The number of rotatable bonds is 4. The van der Waals surface area contributed by atoms with Gasteiger partial charge in [0.1, 0.15) is 12.1 Å². The van der Waals surface area contributed by atoms with Gasteiger partial charge >= 0.3 is 0 Å². The zero-order valence-electron chi connectivity index (χ0n) is 14.6. The first-order valence-corrected chi connectivity index (χ1v) is 9.35. The van der Waals surface area contributed by atoms with Crippen LogP contribution in [0, 0.1) is 5.92 Å². The average Bonchev–Trinajstić information content (AvgIpc) is 3.47. The second-order valence-electron chi connectivity index (χ2n) is 7.50. The minimum Gasteiger partial charge on any atom is -0.391 e. The molecule has 0 spiro atoms. The van der Waals surface area contributed by atoms with E-state index in [1.807, 2.05) is 24.4 Å². The number of para-hydroxylation sites is 1. The lowest BCUT2D eigenvalue weighted by Gasteiger charge is -2.17. The summed E-state index contributed by atoms with van der Waals surface area (Å²) in [5.74, 6) is 1.76. The molecule has 2 aromatic heterocycles. The zero-order chi connectivity index (χ0) is 17.5. The van der Waals surface area contributed by atoms with Crippen LogP contribution < -0.4 is 4.90 Å². The van der Waals surface area contributed by atoms with Crippen molar-refractivity contribution in [3.05, 3.63) is 60.2 Å². The molecule has 5 nitrogen and oxygen atoms in total. The Morgan fingerprint density at radius 3 is 2.81 bits per heavy atom. The Hall–Kier alpha value is -2.53. The monoisotopic (exact) mass is 346 g/mol. The highest BCUT2D eigenvalue weighted by Crippen LogP contribution is 2.39. The van der Waals surface area contributed by atoms with Gasteiger partial charge in [0.15, 0.2) is 0 Å². The fraction of sp³-hybridized carbons (Fsp3) is 0.381. The average molecular weight is 346 g/mol. The van der Waals surface area contributed by atoms with Gasteiger partial charge in [0.2, 0.25) is 0 Å². The molecule has 2 fully saturated rings. The van der Waals surface area contributed by atoms with E-state index in [9.17, 15) is 5.11 Å². The summed E-state index contributed by atoms with van der Waals surface area (Å²) in [5.41, 5.74) is 3.41. The molecule has 5 heteroatoms. The maximum Gasteiger partial charge on any atom is 0.132 e.